The van der Waals surface area contributed by atoms with Gasteiger partial charge in [0.25, 0.3) is 0 Å². The first kappa shape index (κ1) is 34.7. The highest BCUT2D eigenvalue weighted by molar-refractivity contribution is 6.11. The highest BCUT2D eigenvalue weighted by Gasteiger charge is 2.51. The number of para-hydroxylation sites is 5. The van der Waals surface area contributed by atoms with Crippen LogP contribution in [0.25, 0.3) is 60.5 Å². The van der Waals surface area contributed by atoms with E-state index in [0.29, 0.717) is 0 Å². The molecular weight excluding hydrogens is 753 g/mol. The van der Waals surface area contributed by atoms with Crippen LogP contribution in [0.15, 0.2) is 231 Å². The lowest BCUT2D eigenvalue weighted by Crippen LogP contribution is -2.32. The Morgan fingerprint density at radius 3 is 1.81 bits per heavy atom. The maximum absolute atomic E-state index is 6.76. The summed E-state index contributed by atoms with van der Waals surface area (Å²) in [6.45, 7) is 0. The van der Waals surface area contributed by atoms with Crippen LogP contribution >= 0.6 is 0 Å². The van der Waals surface area contributed by atoms with Gasteiger partial charge in [-0.2, -0.15) is 0 Å². The largest absolute Gasteiger partial charge is 0.457 e. The molecule has 3 nitrogen and oxygen atoms in total. The van der Waals surface area contributed by atoms with E-state index >= 15 is 0 Å². The van der Waals surface area contributed by atoms with Gasteiger partial charge in [0.05, 0.1) is 22.1 Å². The maximum atomic E-state index is 6.76. The SMILES string of the molecule is c1ccc(-c2ccccc2N(c2ccc3c(c2)C2(c4ccccc4Oc4ccccc42)c2ccc4ccccc4c2-3)c2ccc3c4ccccc4n(-c4ccccc4)c3c2)cc1. The van der Waals surface area contributed by atoms with Crippen LogP contribution in [-0.2, 0) is 5.41 Å². The van der Waals surface area contributed by atoms with E-state index in [2.05, 4.69) is 240 Å². The van der Waals surface area contributed by atoms with Crippen molar-refractivity contribution in [1.82, 2.24) is 4.57 Å². The quantitative estimate of drug-likeness (QED) is 0.173. The topological polar surface area (TPSA) is 17.4 Å². The van der Waals surface area contributed by atoms with Gasteiger partial charge < -0.3 is 14.2 Å². The van der Waals surface area contributed by atoms with Crippen LogP contribution in [0, 0.1) is 0 Å². The monoisotopic (exact) mass is 790 g/mol. The van der Waals surface area contributed by atoms with E-state index in [9.17, 15) is 0 Å². The molecule has 2 heterocycles. The van der Waals surface area contributed by atoms with Crippen molar-refractivity contribution < 1.29 is 4.74 Å². The Hall–Kier alpha value is -8.14. The maximum Gasteiger partial charge on any atom is 0.132 e. The molecular formula is C59H38N2O. The Morgan fingerprint density at radius 1 is 0.387 bits per heavy atom. The average Bonchev–Trinajstić information content (AvgIpc) is 3.83. The highest BCUT2D eigenvalue weighted by Crippen LogP contribution is 2.64. The second-order valence-corrected chi connectivity index (χ2v) is 16.4. The zero-order valence-electron chi connectivity index (χ0n) is 33.7. The Kier molecular flexibility index (Phi) is 7.52. The first-order chi connectivity index (χ1) is 30.8. The number of anilines is 3. The van der Waals surface area contributed by atoms with E-state index in [-0.39, 0.29) is 0 Å². The molecule has 0 N–H and O–H groups in total. The van der Waals surface area contributed by atoms with E-state index in [1.165, 1.54) is 49.3 Å². The average molecular weight is 791 g/mol. The van der Waals surface area contributed by atoms with Gasteiger partial charge in [0.2, 0.25) is 0 Å². The van der Waals surface area contributed by atoms with Crippen LogP contribution < -0.4 is 9.64 Å². The van der Waals surface area contributed by atoms with Crippen molar-refractivity contribution in [2.75, 3.05) is 4.90 Å². The molecule has 1 spiro atoms. The smallest absolute Gasteiger partial charge is 0.132 e. The van der Waals surface area contributed by atoms with Gasteiger partial charge in [-0.1, -0.05) is 170 Å². The summed E-state index contributed by atoms with van der Waals surface area (Å²) in [6, 6.07) is 84.0. The van der Waals surface area contributed by atoms with Gasteiger partial charge in [0, 0.05) is 44.5 Å². The fraction of sp³-hybridized carbons (Fsp3) is 0.0169. The summed E-state index contributed by atoms with van der Waals surface area (Å²) in [5.74, 6) is 1.77. The number of rotatable bonds is 5. The minimum Gasteiger partial charge on any atom is -0.457 e. The van der Waals surface area contributed by atoms with Gasteiger partial charge in [-0.25, -0.2) is 0 Å². The minimum absolute atomic E-state index is 0.634. The third kappa shape index (κ3) is 4.88. The zero-order chi connectivity index (χ0) is 40.8. The number of hydrogen-bond acceptors (Lipinski definition) is 2. The molecule has 13 rings (SSSR count). The fourth-order valence-electron chi connectivity index (χ4n) is 10.7. The molecule has 0 atom stereocenters. The van der Waals surface area contributed by atoms with E-state index in [1.807, 2.05) is 0 Å². The lowest BCUT2D eigenvalue weighted by atomic mass is 9.66. The number of ether oxygens (including phenoxy) is 1. The van der Waals surface area contributed by atoms with Crippen molar-refractivity contribution in [1.29, 1.82) is 0 Å². The predicted molar refractivity (Wildman–Crippen MR) is 256 cm³/mol. The molecule has 0 fully saturated rings. The normalized spacial score (nSPS) is 13.1. The van der Waals surface area contributed by atoms with E-state index in [0.717, 1.165) is 62.0 Å². The van der Waals surface area contributed by atoms with E-state index < -0.39 is 5.41 Å². The molecule has 1 aromatic heterocycles. The van der Waals surface area contributed by atoms with Crippen LogP contribution in [0.2, 0.25) is 0 Å². The molecule has 1 aliphatic carbocycles. The predicted octanol–water partition coefficient (Wildman–Crippen LogP) is 15.5. The lowest BCUT2D eigenvalue weighted by Gasteiger charge is -2.39. The first-order valence-electron chi connectivity index (χ1n) is 21.3. The molecule has 290 valence electrons. The van der Waals surface area contributed by atoms with E-state index in [1.54, 1.807) is 0 Å². The first-order valence-corrected chi connectivity index (χ1v) is 21.3. The molecule has 0 saturated carbocycles. The van der Waals surface area contributed by atoms with Crippen molar-refractivity contribution in [2.24, 2.45) is 0 Å². The lowest BCUT2D eigenvalue weighted by molar-refractivity contribution is 0.436. The van der Waals surface area contributed by atoms with Gasteiger partial charge in [-0.05, 0) is 99.3 Å². The zero-order valence-corrected chi connectivity index (χ0v) is 33.7. The Labute approximate surface area is 360 Å². The van der Waals surface area contributed by atoms with Crippen molar-refractivity contribution in [3.05, 3.63) is 253 Å². The van der Waals surface area contributed by atoms with Gasteiger partial charge in [0.15, 0.2) is 0 Å². The van der Waals surface area contributed by atoms with Crippen LogP contribution in [0.5, 0.6) is 11.5 Å². The third-order valence-corrected chi connectivity index (χ3v) is 13.2. The molecule has 10 aromatic carbocycles. The molecule has 0 radical (unpaired) electrons. The molecule has 0 saturated heterocycles. The number of fused-ring (bicyclic) bond motifs is 14. The van der Waals surface area contributed by atoms with Crippen molar-refractivity contribution in [3.63, 3.8) is 0 Å². The summed E-state index contributed by atoms with van der Waals surface area (Å²) in [7, 11) is 0. The standard InChI is InChI=1S/C59H38N2O/c1-3-17-39(18-4-1)44-22-9-13-27-53(44)60(43-32-34-47-46-24-10-14-28-54(46)61(55(47)38-43)41-20-5-2-6-21-41)42-33-35-48-52(37-42)59(51-36-31-40-19-7-8-23-45(40)58(48)51)49-25-11-15-29-56(49)62-57-30-16-12-26-50(57)59/h1-38H. The fourth-order valence-corrected chi connectivity index (χ4v) is 10.7. The minimum atomic E-state index is -0.634. The summed E-state index contributed by atoms with van der Waals surface area (Å²) in [5, 5.41) is 4.93. The van der Waals surface area contributed by atoms with Crippen molar-refractivity contribution in [2.45, 2.75) is 5.41 Å². The summed E-state index contributed by atoms with van der Waals surface area (Å²) < 4.78 is 9.17. The number of benzene rings is 10. The number of aromatic nitrogens is 1. The summed E-state index contributed by atoms with van der Waals surface area (Å²) >= 11 is 0. The van der Waals surface area contributed by atoms with Crippen LogP contribution in [0.1, 0.15) is 22.3 Å². The Balaban J connectivity index is 1.14. The molecule has 0 amide bonds. The van der Waals surface area contributed by atoms with Crippen LogP contribution in [0.3, 0.4) is 0 Å². The molecule has 62 heavy (non-hydrogen) atoms. The van der Waals surface area contributed by atoms with Gasteiger partial charge in [-0.3, -0.25) is 0 Å². The van der Waals surface area contributed by atoms with Crippen LogP contribution in [0.4, 0.5) is 17.1 Å². The van der Waals surface area contributed by atoms with Crippen molar-refractivity contribution >= 4 is 49.6 Å². The molecule has 0 unspecified atom stereocenters. The summed E-state index contributed by atoms with van der Waals surface area (Å²) in [4.78, 5) is 2.47. The van der Waals surface area contributed by atoms with Crippen molar-refractivity contribution in [3.8, 4) is 39.4 Å². The molecule has 1 aliphatic heterocycles. The molecule has 3 heteroatoms. The number of hydrogen-bond donors (Lipinski definition) is 0. The van der Waals surface area contributed by atoms with E-state index in [4.69, 9.17) is 4.74 Å². The Bertz CT molecular complexity index is 3520. The second-order valence-electron chi connectivity index (χ2n) is 16.4. The van der Waals surface area contributed by atoms with Crippen LogP contribution in [-0.4, -0.2) is 4.57 Å². The molecule has 2 aliphatic rings. The third-order valence-electron chi connectivity index (χ3n) is 13.2. The summed E-state index contributed by atoms with van der Waals surface area (Å²) in [6.07, 6.45) is 0. The van der Waals surface area contributed by atoms with Gasteiger partial charge in [0.1, 0.15) is 11.5 Å². The highest BCUT2D eigenvalue weighted by atomic mass is 16.5. The molecule has 11 aromatic rings. The second kappa shape index (κ2) is 13.4. The van der Waals surface area contributed by atoms with Gasteiger partial charge >= 0.3 is 0 Å². The molecule has 0 bridgehead atoms. The Morgan fingerprint density at radius 2 is 1.00 bits per heavy atom. The van der Waals surface area contributed by atoms with Gasteiger partial charge in [-0.15, -0.1) is 0 Å². The summed E-state index contributed by atoms with van der Waals surface area (Å²) in [5.41, 5.74) is 15.7. The number of nitrogens with zero attached hydrogens (tertiary/aromatic N) is 2.